The van der Waals surface area contributed by atoms with Gasteiger partial charge in [-0.15, -0.1) is 0 Å². The first-order chi connectivity index (χ1) is 13.7. The molecule has 0 aliphatic rings. The Balaban J connectivity index is 2.04. The maximum atomic E-state index is 12.9. The number of hydrogen-bond acceptors (Lipinski definition) is 3. The summed E-state index contributed by atoms with van der Waals surface area (Å²) < 4.78 is 5.20. The van der Waals surface area contributed by atoms with Crippen LogP contribution in [0, 0.1) is 6.92 Å². The van der Waals surface area contributed by atoms with Crippen molar-refractivity contribution in [3.63, 3.8) is 0 Å². The molecule has 0 saturated carbocycles. The molecule has 1 aromatic heterocycles. The van der Waals surface area contributed by atoms with Crippen LogP contribution in [0.25, 0.3) is 22.2 Å². The van der Waals surface area contributed by atoms with Gasteiger partial charge in [-0.25, -0.2) is 4.98 Å². The van der Waals surface area contributed by atoms with Crippen LogP contribution in [0.3, 0.4) is 0 Å². The molecular formula is C25H21NO2. The maximum Gasteiger partial charge on any atom is 0.317 e. The first-order valence-corrected chi connectivity index (χ1v) is 9.27. The summed E-state index contributed by atoms with van der Waals surface area (Å²) in [5.41, 5.74) is 5.65. The normalized spacial score (nSPS) is 11.9. The minimum Gasteiger partial charge on any atom is -0.468 e. The summed E-state index contributed by atoms with van der Waals surface area (Å²) in [4.78, 5) is 17.7. The Morgan fingerprint density at radius 3 is 2.25 bits per heavy atom. The van der Waals surface area contributed by atoms with E-state index >= 15 is 0 Å². The van der Waals surface area contributed by atoms with Crippen LogP contribution in [-0.2, 0) is 9.53 Å². The fourth-order valence-electron chi connectivity index (χ4n) is 3.69. The molecule has 0 N–H and O–H groups in total. The smallest absolute Gasteiger partial charge is 0.317 e. The van der Waals surface area contributed by atoms with Crippen LogP contribution < -0.4 is 0 Å². The molecule has 0 radical (unpaired) electrons. The summed E-state index contributed by atoms with van der Waals surface area (Å²) in [6.07, 6.45) is 0. The van der Waals surface area contributed by atoms with Crippen LogP contribution in [0.15, 0.2) is 84.9 Å². The van der Waals surface area contributed by atoms with Gasteiger partial charge in [-0.3, -0.25) is 4.79 Å². The molecule has 0 aliphatic heterocycles. The van der Waals surface area contributed by atoms with Gasteiger partial charge in [0, 0.05) is 10.9 Å². The number of pyridine rings is 1. The first-order valence-electron chi connectivity index (χ1n) is 9.27. The lowest BCUT2D eigenvalue weighted by Crippen LogP contribution is -2.16. The van der Waals surface area contributed by atoms with Crippen LogP contribution in [0.2, 0.25) is 0 Å². The van der Waals surface area contributed by atoms with E-state index in [-0.39, 0.29) is 5.97 Å². The number of rotatable bonds is 4. The summed E-state index contributed by atoms with van der Waals surface area (Å²) in [6, 6.07) is 27.9. The van der Waals surface area contributed by atoms with Crippen LogP contribution in [0.4, 0.5) is 0 Å². The second-order valence-corrected chi connectivity index (χ2v) is 6.80. The Hall–Kier alpha value is -3.46. The van der Waals surface area contributed by atoms with Crippen molar-refractivity contribution in [2.75, 3.05) is 7.11 Å². The number of ether oxygens (including phenoxy) is 1. The van der Waals surface area contributed by atoms with E-state index in [9.17, 15) is 4.79 Å². The summed E-state index contributed by atoms with van der Waals surface area (Å²) in [5, 5.41) is 1.00. The minimum absolute atomic E-state index is 0.277. The Morgan fingerprint density at radius 1 is 0.893 bits per heavy atom. The largest absolute Gasteiger partial charge is 0.468 e. The van der Waals surface area contributed by atoms with E-state index < -0.39 is 5.92 Å². The van der Waals surface area contributed by atoms with Crippen molar-refractivity contribution in [2.45, 2.75) is 12.8 Å². The molecule has 0 bridgehead atoms. The van der Waals surface area contributed by atoms with Gasteiger partial charge < -0.3 is 4.74 Å². The van der Waals surface area contributed by atoms with Crippen molar-refractivity contribution < 1.29 is 9.53 Å². The quantitative estimate of drug-likeness (QED) is 0.446. The molecule has 28 heavy (non-hydrogen) atoms. The number of aryl methyl sites for hydroxylation is 1. The van der Waals surface area contributed by atoms with Crippen molar-refractivity contribution in [1.82, 2.24) is 4.98 Å². The molecule has 3 heteroatoms. The molecule has 138 valence electrons. The van der Waals surface area contributed by atoms with Crippen LogP contribution in [0.5, 0.6) is 0 Å². The molecule has 0 spiro atoms. The Bertz CT molecular complexity index is 1120. The monoisotopic (exact) mass is 367 g/mol. The molecule has 0 amide bonds. The van der Waals surface area contributed by atoms with Crippen molar-refractivity contribution in [3.05, 3.63) is 102 Å². The van der Waals surface area contributed by atoms with Gasteiger partial charge in [0.15, 0.2) is 0 Å². The number of benzene rings is 3. The average molecular weight is 367 g/mol. The highest BCUT2D eigenvalue weighted by Crippen LogP contribution is 2.35. The van der Waals surface area contributed by atoms with E-state index in [4.69, 9.17) is 9.72 Å². The zero-order valence-corrected chi connectivity index (χ0v) is 15.9. The van der Waals surface area contributed by atoms with Crippen LogP contribution >= 0.6 is 0 Å². The first kappa shape index (κ1) is 17.9. The SMILES string of the molecule is COC(=O)C(c1ccccc1)c1cc(-c2ccccc2)nc2cccc(C)c12. The highest BCUT2D eigenvalue weighted by atomic mass is 16.5. The number of fused-ring (bicyclic) bond motifs is 1. The van der Waals surface area contributed by atoms with Gasteiger partial charge in [0.2, 0.25) is 0 Å². The van der Waals surface area contributed by atoms with Crippen molar-refractivity contribution >= 4 is 16.9 Å². The average Bonchev–Trinajstić information content (AvgIpc) is 2.75. The van der Waals surface area contributed by atoms with Gasteiger partial charge >= 0.3 is 5.97 Å². The number of carbonyl (C=O) groups excluding carboxylic acids is 1. The van der Waals surface area contributed by atoms with E-state index in [1.807, 2.05) is 78.9 Å². The van der Waals surface area contributed by atoms with Crippen molar-refractivity contribution in [3.8, 4) is 11.3 Å². The number of nitrogens with zero attached hydrogens (tertiary/aromatic N) is 1. The molecule has 1 atom stereocenters. The third-order valence-electron chi connectivity index (χ3n) is 5.02. The fraction of sp³-hybridized carbons (Fsp3) is 0.120. The summed E-state index contributed by atoms with van der Waals surface area (Å²) in [7, 11) is 1.44. The molecule has 0 aliphatic carbocycles. The fourth-order valence-corrected chi connectivity index (χ4v) is 3.69. The third kappa shape index (κ3) is 3.27. The minimum atomic E-state index is -0.514. The van der Waals surface area contributed by atoms with Gasteiger partial charge in [0.25, 0.3) is 0 Å². The van der Waals surface area contributed by atoms with E-state index in [0.29, 0.717) is 0 Å². The van der Waals surface area contributed by atoms with E-state index in [1.54, 1.807) is 0 Å². The number of carbonyl (C=O) groups is 1. The van der Waals surface area contributed by atoms with E-state index in [0.717, 1.165) is 38.9 Å². The number of aromatic nitrogens is 1. The predicted octanol–water partition coefficient (Wildman–Crippen LogP) is 5.52. The molecule has 0 fully saturated rings. The van der Waals surface area contributed by atoms with E-state index in [2.05, 4.69) is 13.0 Å². The highest BCUT2D eigenvalue weighted by molar-refractivity contribution is 5.94. The number of hydrogen-bond donors (Lipinski definition) is 0. The second-order valence-electron chi connectivity index (χ2n) is 6.80. The Morgan fingerprint density at radius 2 is 1.57 bits per heavy atom. The topological polar surface area (TPSA) is 39.2 Å². The second kappa shape index (κ2) is 7.65. The molecule has 4 aromatic rings. The summed E-state index contributed by atoms with van der Waals surface area (Å²) in [5.74, 6) is -0.791. The highest BCUT2D eigenvalue weighted by Gasteiger charge is 2.27. The zero-order valence-electron chi connectivity index (χ0n) is 15.9. The number of esters is 1. The summed E-state index contributed by atoms with van der Waals surface area (Å²) >= 11 is 0. The molecule has 3 nitrogen and oxygen atoms in total. The zero-order chi connectivity index (χ0) is 19.5. The molecule has 4 rings (SSSR count). The molecule has 3 aromatic carbocycles. The van der Waals surface area contributed by atoms with Crippen molar-refractivity contribution in [2.24, 2.45) is 0 Å². The lowest BCUT2D eigenvalue weighted by Gasteiger charge is -2.20. The third-order valence-corrected chi connectivity index (χ3v) is 5.02. The van der Waals surface area contributed by atoms with Gasteiger partial charge in [-0.05, 0) is 35.7 Å². The van der Waals surface area contributed by atoms with Gasteiger partial charge in [0.05, 0.1) is 18.3 Å². The maximum absolute atomic E-state index is 12.9. The Labute approximate surface area is 164 Å². The van der Waals surface area contributed by atoms with Crippen LogP contribution in [0.1, 0.15) is 22.6 Å². The molecule has 1 unspecified atom stereocenters. The lowest BCUT2D eigenvalue weighted by atomic mass is 9.86. The summed E-state index contributed by atoms with van der Waals surface area (Å²) in [6.45, 7) is 2.05. The van der Waals surface area contributed by atoms with Crippen LogP contribution in [-0.4, -0.2) is 18.1 Å². The Kier molecular flexibility index (Phi) is 4.90. The van der Waals surface area contributed by atoms with Gasteiger partial charge in [0.1, 0.15) is 5.92 Å². The molecular weight excluding hydrogens is 346 g/mol. The van der Waals surface area contributed by atoms with E-state index in [1.165, 1.54) is 7.11 Å². The molecule has 1 heterocycles. The number of methoxy groups -OCH3 is 1. The predicted molar refractivity (Wildman–Crippen MR) is 112 cm³/mol. The molecule has 0 saturated heterocycles. The van der Waals surface area contributed by atoms with Gasteiger partial charge in [-0.1, -0.05) is 72.8 Å². The standard InChI is InChI=1S/C25H21NO2/c1-17-10-9-15-21-23(17)20(16-22(26-21)18-11-5-3-6-12-18)24(25(27)28-2)19-13-7-4-8-14-19/h3-16,24H,1-2H3. The van der Waals surface area contributed by atoms with Crippen molar-refractivity contribution in [1.29, 1.82) is 0 Å². The van der Waals surface area contributed by atoms with Gasteiger partial charge in [-0.2, -0.15) is 0 Å². The lowest BCUT2D eigenvalue weighted by molar-refractivity contribution is -0.141.